The highest BCUT2D eigenvalue weighted by Crippen LogP contribution is 2.30. The molecule has 1 N–H and O–H groups in total. The summed E-state index contributed by atoms with van der Waals surface area (Å²) in [5, 5.41) is 11.8. The van der Waals surface area contributed by atoms with Crippen molar-refractivity contribution in [3.05, 3.63) is 75.5 Å². The fraction of sp³-hybridized carbons (Fsp3) is 0.273. The van der Waals surface area contributed by atoms with Gasteiger partial charge < -0.3 is 10.2 Å². The minimum Gasteiger partial charge on any atom is -0.338 e. The number of benzene rings is 2. The predicted molar refractivity (Wildman–Crippen MR) is 113 cm³/mol. The van der Waals surface area contributed by atoms with Crippen molar-refractivity contribution < 1.29 is 14.0 Å². The minimum absolute atomic E-state index is 0.0111. The Bertz CT molecular complexity index is 1080. The Labute approximate surface area is 177 Å². The summed E-state index contributed by atoms with van der Waals surface area (Å²) in [6.45, 7) is 3.22. The second kappa shape index (κ2) is 8.71. The quantitative estimate of drug-likeness (QED) is 0.679. The van der Waals surface area contributed by atoms with Crippen LogP contribution in [-0.2, 0) is 0 Å². The average Bonchev–Trinajstić information content (AvgIpc) is 3.24. The number of hydrogen-bond donors (Lipinski definition) is 1. The number of nitrogens with zero attached hydrogens (tertiary/aromatic N) is 3. The minimum atomic E-state index is -0.425. The van der Waals surface area contributed by atoms with Gasteiger partial charge in [0.25, 0.3) is 11.8 Å². The highest BCUT2D eigenvalue weighted by Gasteiger charge is 2.28. The third-order valence-electron chi connectivity index (χ3n) is 5.04. The topological polar surface area (TPSA) is 75.2 Å². The number of aryl methyl sites for hydroxylation is 1. The Hall–Kier alpha value is -3.13. The maximum atomic E-state index is 13.3. The van der Waals surface area contributed by atoms with Gasteiger partial charge in [0.1, 0.15) is 10.8 Å². The lowest BCUT2D eigenvalue weighted by molar-refractivity contribution is 0.0706. The van der Waals surface area contributed by atoms with E-state index in [1.165, 1.54) is 29.5 Å². The first-order valence-corrected chi connectivity index (χ1v) is 10.6. The van der Waals surface area contributed by atoms with Gasteiger partial charge in [0.05, 0.1) is 0 Å². The van der Waals surface area contributed by atoms with Gasteiger partial charge in [-0.15, -0.1) is 10.2 Å². The summed E-state index contributed by atoms with van der Waals surface area (Å²) in [5.41, 5.74) is 2.10. The smallest absolute Gasteiger partial charge is 0.286 e. The molecule has 0 aliphatic carbocycles. The third-order valence-corrected chi connectivity index (χ3v) is 6.12. The number of likely N-dealkylation sites (tertiary alicyclic amines) is 1. The van der Waals surface area contributed by atoms with E-state index < -0.39 is 11.7 Å². The van der Waals surface area contributed by atoms with Gasteiger partial charge >= 0.3 is 0 Å². The number of piperidine rings is 1. The van der Waals surface area contributed by atoms with Crippen molar-refractivity contribution in [3.63, 3.8) is 0 Å². The highest BCUT2D eigenvalue weighted by molar-refractivity contribution is 7.13. The number of aromatic nitrogens is 2. The van der Waals surface area contributed by atoms with Crippen LogP contribution in [0.5, 0.6) is 0 Å². The maximum Gasteiger partial charge on any atom is 0.286 e. The van der Waals surface area contributed by atoms with E-state index in [4.69, 9.17) is 0 Å². The van der Waals surface area contributed by atoms with E-state index >= 15 is 0 Å². The molecule has 1 saturated heterocycles. The second-order valence-corrected chi connectivity index (χ2v) is 8.38. The molecule has 2 amide bonds. The number of anilines is 1. The van der Waals surface area contributed by atoms with Crippen LogP contribution in [-0.4, -0.2) is 40.0 Å². The Morgan fingerprint density at radius 3 is 2.80 bits per heavy atom. The molecule has 0 spiro atoms. The van der Waals surface area contributed by atoms with Crippen LogP contribution in [0.2, 0.25) is 0 Å². The SMILES string of the molecule is Cc1cccc(C(=O)N2CCCC(c3nnc(C(=O)Nc4cccc(F)c4)s3)C2)c1. The number of rotatable bonds is 4. The molecule has 0 radical (unpaired) electrons. The highest BCUT2D eigenvalue weighted by atomic mass is 32.1. The number of nitrogens with one attached hydrogen (secondary N) is 1. The number of hydrogen-bond acceptors (Lipinski definition) is 5. The van der Waals surface area contributed by atoms with Crippen molar-refractivity contribution in [1.29, 1.82) is 0 Å². The Morgan fingerprint density at radius 2 is 2.00 bits per heavy atom. The van der Waals surface area contributed by atoms with Crippen molar-refractivity contribution in [2.45, 2.75) is 25.7 Å². The number of carbonyl (C=O) groups excluding carboxylic acids is 2. The number of halogens is 1. The number of amides is 2. The van der Waals surface area contributed by atoms with Crippen LogP contribution in [0, 0.1) is 12.7 Å². The summed E-state index contributed by atoms with van der Waals surface area (Å²) in [6.07, 6.45) is 1.75. The standard InChI is InChI=1S/C22H21FN4O2S/c1-14-5-2-6-15(11-14)22(29)27-10-4-7-16(13-27)20-25-26-21(30-20)19(28)24-18-9-3-8-17(23)12-18/h2-3,5-6,8-9,11-12,16H,4,7,10,13H2,1H3,(H,24,28). The number of carbonyl (C=O) groups is 2. The van der Waals surface area contributed by atoms with E-state index in [1.54, 1.807) is 6.07 Å². The molecule has 6 nitrogen and oxygen atoms in total. The molecule has 2 aromatic carbocycles. The van der Waals surface area contributed by atoms with Crippen molar-refractivity contribution in [3.8, 4) is 0 Å². The summed E-state index contributed by atoms with van der Waals surface area (Å²) >= 11 is 1.22. The maximum absolute atomic E-state index is 13.3. The largest absolute Gasteiger partial charge is 0.338 e. The summed E-state index contributed by atoms with van der Waals surface area (Å²) in [7, 11) is 0. The average molecular weight is 425 g/mol. The molecule has 1 unspecified atom stereocenters. The van der Waals surface area contributed by atoms with Crippen LogP contribution in [0.4, 0.5) is 10.1 Å². The summed E-state index contributed by atoms with van der Waals surface area (Å²) in [4.78, 5) is 27.1. The third kappa shape index (κ3) is 4.54. The normalized spacial score (nSPS) is 16.3. The second-order valence-electron chi connectivity index (χ2n) is 7.37. The van der Waals surface area contributed by atoms with Crippen molar-refractivity contribution >= 4 is 28.8 Å². The van der Waals surface area contributed by atoms with Crippen LogP contribution in [0.25, 0.3) is 0 Å². The first-order chi connectivity index (χ1) is 14.5. The van der Waals surface area contributed by atoms with Gasteiger partial charge in [-0.05, 0) is 50.1 Å². The zero-order valence-electron chi connectivity index (χ0n) is 16.5. The lowest BCUT2D eigenvalue weighted by Crippen LogP contribution is -2.39. The zero-order valence-corrected chi connectivity index (χ0v) is 17.3. The Morgan fingerprint density at radius 1 is 1.17 bits per heavy atom. The van der Waals surface area contributed by atoms with Gasteiger partial charge in [-0.2, -0.15) is 0 Å². The van der Waals surface area contributed by atoms with E-state index in [-0.39, 0.29) is 16.8 Å². The lowest BCUT2D eigenvalue weighted by Gasteiger charge is -2.31. The van der Waals surface area contributed by atoms with Crippen molar-refractivity contribution in [1.82, 2.24) is 15.1 Å². The van der Waals surface area contributed by atoms with Gasteiger partial charge in [0, 0.05) is 30.3 Å². The molecule has 1 fully saturated rings. The first-order valence-electron chi connectivity index (χ1n) is 9.76. The molecular formula is C22H21FN4O2S. The molecule has 1 aliphatic heterocycles. The predicted octanol–water partition coefficient (Wildman–Crippen LogP) is 4.26. The Balaban J connectivity index is 1.44. The van der Waals surface area contributed by atoms with E-state index in [0.29, 0.717) is 24.3 Å². The van der Waals surface area contributed by atoms with Crippen LogP contribution < -0.4 is 5.32 Å². The molecule has 4 rings (SSSR count). The van der Waals surface area contributed by atoms with Gasteiger partial charge in [-0.3, -0.25) is 9.59 Å². The Kier molecular flexibility index (Phi) is 5.85. The fourth-order valence-corrected chi connectivity index (χ4v) is 4.43. The van der Waals surface area contributed by atoms with Gasteiger partial charge in [0.2, 0.25) is 5.01 Å². The van der Waals surface area contributed by atoms with Crippen LogP contribution in [0.3, 0.4) is 0 Å². The van der Waals surface area contributed by atoms with Gasteiger partial charge in [-0.1, -0.05) is 35.1 Å². The van der Waals surface area contributed by atoms with Crippen molar-refractivity contribution in [2.75, 3.05) is 18.4 Å². The van der Waals surface area contributed by atoms with Crippen LogP contribution in [0.1, 0.15) is 49.5 Å². The van der Waals surface area contributed by atoms with Crippen LogP contribution >= 0.6 is 11.3 Å². The molecule has 30 heavy (non-hydrogen) atoms. The van der Waals surface area contributed by atoms with E-state index in [9.17, 15) is 14.0 Å². The molecule has 0 bridgehead atoms. The molecule has 0 saturated carbocycles. The van der Waals surface area contributed by atoms with Gasteiger partial charge in [0.15, 0.2) is 0 Å². The summed E-state index contributed by atoms with van der Waals surface area (Å²) in [6, 6.07) is 13.3. The van der Waals surface area contributed by atoms with E-state index in [2.05, 4.69) is 15.5 Å². The van der Waals surface area contributed by atoms with Crippen LogP contribution in [0.15, 0.2) is 48.5 Å². The molecule has 3 aromatic rings. The van der Waals surface area contributed by atoms with E-state index in [0.717, 1.165) is 23.4 Å². The summed E-state index contributed by atoms with van der Waals surface area (Å²) < 4.78 is 13.3. The van der Waals surface area contributed by atoms with E-state index in [1.807, 2.05) is 36.1 Å². The zero-order chi connectivity index (χ0) is 21.1. The molecule has 154 valence electrons. The lowest BCUT2D eigenvalue weighted by atomic mass is 9.98. The fourth-order valence-electron chi connectivity index (χ4n) is 3.57. The molecular weight excluding hydrogens is 403 g/mol. The monoisotopic (exact) mass is 424 g/mol. The molecule has 1 aromatic heterocycles. The van der Waals surface area contributed by atoms with Crippen molar-refractivity contribution in [2.24, 2.45) is 0 Å². The summed E-state index contributed by atoms with van der Waals surface area (Å²) in [5.74, 6) is -0.795. The molecule has 1 atom stereocenters. The molecule has 1 aliphatic rings. The molecule has 8 heteroatoms. The van der Waals surface area contributed by atoms with Gasteiger partial charge in [-0.25, -0.2) is 4.39 Å². The first kappa shape index (κ1) is 20.2. The molecule has 2 heterocycles.